The number of thiophene rings is 1. The van der Waals surface area contributed by atoms with E-state index in [0.717, 1.165) is 52.3 Å². The molecule has 2 aromatic heterocycles. The zero-order valence-corrected chi connectivity index (χ0v) is 16.5. The Morgan fingerprint density at radius 1 is 1.26 bits per heavy atom. The molecule has 0 aliphatic carbocycles. The van der Waals surface area contributed by atoms with Crippen LogP contribution in [-0.4, -0.2) is 54.6 Å². The molecule has 4 rings (SSSR count). The summed E-state index contributed by atoms with van der Waals surface area (Å²) in [5.74, 6) is 1.80. The number of likely N-dealkylation sites (N-methyl/N-ethyl adjacent to an activating group) is 1. The van der Waals surface area contributed by atoms with Crippen LogP contribution in [-0.2, 0) is 4.79 Å². The lowest BCUT2D eigenvalue weighted by Crippen LogP contribution is -2.43. The highest BCUT2D eigenvalue weighted by Crippen LogP contribution is 2.40. The van der Waals surface area contributed by atoms with E-state index in [4.69, 9.17) is 4.74 Å². The van der Waals surface area contributed by atoms with E-state index in [1.807, 2.05) is 38.4 Å². The van der Waals surface area contributed by atoms with Gasteiger partial charge in [-0.15, -0.1) is 11.3 Å². The van der Waals surface area contributed by atoms with E-state index in [9.17, 15) is 4.79 Å². The van der Waals surface area contributed by atoms with E-state index < -0.39 is 0 Å². The van der Waals surface area contributed by atoms with Crippen LogP contribution in [0.4, 0.5) is 5.82 Å². The average Bonchev–Trinajstić information content (AvgIpc) is 3.34. The summed E-state index contributed by atoms with van der Waals surface area (Å²) < 4.78 is 5.27. The van der Waals surface area contributed by atoms with Crippen molar-refractivity contribution in [1.82, 2.24) is 14.9 Å². The smallest absolute Gasteiger partial charge is 0.244 e. The fraction of sp³-hybridized carbons (Fsp3) is 0.350. The Kier molecular flexibility index (Phi) is 4.70. The Morgan fingerprint density at radius 2 is 2.04 bits per heavy atom. The van der Waals surface area contributed by atoms with Crippen LogP contribution in [0.3, 0.4) is 0 Å². The minimum atomic E-state index is -0.165. The molecule has 1 aliphatic rings. The number of hydrogen-bond acceptors (Lipinski definition) is 6. The van der Waals surface area contributed by atoms with Gasteiger partial charge in [0.15, 0.2) is 0 Å². The van der Waals surface area contributed by atoms with Crippen molar-refractivity contribution >= 4 is 33.3 Å². The van der Waals surface area contributed by atoms with Crippen LogP contribution in [0, 0.1) is 0 Å². The number of fused-ring (bicyclic) bond motifs is 1. The standard InChI is InChI=1S/C20H22N4O2S/c1-23(2)20(25)16-5-4-10-24(16)18-17-15(11-27-19(17)22-12-21-18)13-6-8-14(26-3)9-7-13/h6-9,11-12,16H,4-5,10H2,1-3H3. The minimum Gasteiger partial charge on any atom is -0.497 e. The molecule has 6 nitrogen and oxygen atoms in total. The average molecular weight is 382 g/mol. The van der Waals surface area contributed by atoms with Gasteiger partial charge in [0.2, 0.25) is 5.91 Å². The fourth-order valence-electron chi connectivity index (χ4n) is 3.64. The third-order valence-electron chi connectivity index (χ3n) is 5.00. The van der Waals surface area contributed by atoms with Crippen molar-refractivity contribution in [3.8, 4) is 16.9 Å². The Bertz CT molecular complexity index is 968. The van der Waals surface area contributed by atoms with Gasteiger partial charge in [-0.05, 0) is 30.5 Å². The molecule has 1 aromatic carbocycles. The summed E-state index contributed by atoms with van der Waals surface area (Å²) >= 11 is 1.60. The third-order valence-corrected chi connectivity index (χ3v) is 5.89. The van der Waals surface area contributed by atoms with E-state index in [2.05, 4.69) is 20.2 Å². The van der Waals surface area contributed by atoms with Crippen molar-refractivity contribution in [2.75, 3.05) is 32.6 Å². The molecule has 1 saturated heterocycles. The van der Waals surface area contributed by atoms with Crippen LogP contribution >= 0.6 is 11.3 Å². The van der Waals surface area contributed by atoms with Crippen LogP contribution in [0.25, 0.3) is 21.3 Å². The number of nitrogens with zero attached hydrogens (tertiary/aromatic N) is 4. The predicted molar refractivity (Wildman–Crippen MR) is 108 cm³/mol. The molecule has 0 N–H and O–H groups in total. The first-order valence-electron chi connectivity index (χ1n) is 8.94. The largest absolute Gasteiger partial charge is 0.497 e. The van der Waals surface area contributed by atoms with Gasteiger partial charge in [-0.3, -0.25) is 4.79 Å². The Hall–Kier alpha value is -2.67. The SMILES string of the molecule is COc1ccc(-c2csc3ncnc(N4CCCC4C(=O)N(C)C)c23)cc1. The van der Waals surface area contributed by atoms with Gasteiger partial charge >= 0.3 is 0 Å². The lowest BCUT2D eigenvalue weighted by atomic mass is 10.1. The highest BCUT2D eigenvalue weighted by atomic mass is 32.1. The first-order chi connectivity index (χ1) is 13.1. The van der Waals surface area contributed by atoms with Gasteiger partial charge < -0.3 is 14.5 Å². The van der Waals surface area contributed by atoms with E-state index in [1.165, 1.54) is 0 Å². The van der Waals surface area contributed by atoms with Crippen molar-refractivity contribution in [1.29, 1.82) is 0 Å². The van der Waals surface area contributed by atoms with Crippen LogP contribution in [0.1, 0.15) is 12.8 Å². The van der Waals surface area contributed by atoms with Crippen molar-refractivity contribution in [2.24, 2.45) is 0 Å². The number of anilines is 1. The quantitative estimate of drug-likeness (QED) is 0.692. The molecule has 1 unspecified atom stereocenters. The van der Waals surface area contributed by atoms with Crippen LogP contribution in [0.15, 0.2) is 36.0 Å². The molecule has 0 spiro atoms. The number of aromatic nitrogens is 2. The summed E-state index contributed by atoms with van der Waals surface area (Å²) in [5.41, 5.74) is 2.18. The molecule has 27 heavy (non-hydrogen) atoms. The molecule has 3 heterocycles. The summed E-state index contributed by atoms with van der Waals surface area (Å²) in [7, 11) is 5.28. The Morgan fingerprint density at radius 3 is 2.74 bits per heavy atom. The number of carbonyl (C=O) groups excluding carboxylic acids is 1. The molecule has 1 atom stereocenters. The second-order valence-corrected chi connectivity index (χ2v) is 7.70. The maximum absolute atomic E-state index is 12.7. The van der Waals surface area contributed by atoms with E-state index in [0.29, 0.717) is 0 Å². The number of benzene rings is 1. The summed E-state index contributed by atoms with van der Waals surface area (Å²) in [4.78, 5) is 26.5. The van der Waals surface area contributed by atoms with Gasteiger partial charge in [0.25, 0.3) is 0 Å². The lowest BCUT2D eigenvalue weighted by molar-refractivity contribution is -0.129. The van der Waals surface area contributed by atoms with E-state index in [-0.39, 0.29) is 11.9 Å². The number of amides is 1. The molecule has 1 amide bonds. The molecular weight excluding hydrogens is 360 g/mol. The van der Waals surface area contributed by atoms with Crippen molar-refractivity contribution in [3.63, 3.8) is 0 Å². The number of rotatable bonds is 4. The molecule has 1 aliphatic heterocycles. The van der Waals surface area contributed by atoms with Crippen LogP contribution in [0.5, 0.6) is 5.75 Å². The van der Waals surface area contributed by atoms with Crippen molar-refractivity contribution in [2.45, 2.75) is 18.9 Å². The van der Waals surface area contributed by atoms with E-state index in [1.54, 1.807) is 29.7 Å². The highest BCUT2D eigenvalue weighted by Gasteiger charge is 2.34. The minimum absolute atomic E-state index is 0.125. The Balaban J connectivity index is 1.82. The van der Waals surface area contributed by atoms with Gasteiger partial charge in [0, 0.05) is 31.6 Å². The summed E-state index contributed by atoms with van der Waals surface area (Å²) in [6.45, 7) is 0.828. The first-order valence-corrected chi connectivity index (χ1v) is 9.82. The van der Waals surface area contributed by atoms with Gasteiger partial charge in [-0.1, -0.05) is 12.1 Å². The topological polar surface area (TPSA) is 58.6 Å². The second kappa shape index (κ2) is 7.15. The second-order valence-electron chi connectivity index (χ2n) is 6.84. The Labute approximate surface area is 162 Å². The summed E-state index contributed by atoms with van der Waals surface area (Å²) in [6.07, 6.45) is 3.43. The number of carbonyl (C=O) groups is 1. The number of hydrogen-bond donors (Lipinski definition) is 0. The van der Waals surface area contributed by atoms with Crippen molar-refractivity contribution < 1.29 is 9.53 Å². The van der Waals surface area contributed by atoms with Crippen molar-refractivity contribution in [3.05, 3.63) is 36.0 Å². The maximum Gasteiger partial charge on any atom is 0.244 e. The summed E-state index contributed by atoms with van der Waals surface area (Å²) in [5, 5.41) is 3.13. The first kappa shape index (κ1) is 17.7. The molecule has 0 radical (unpaired) electrons. The highest BCUT2D eigenvalue weighted by molar-refractivity contribution is 7.17. The molecule has 1 fully saturated rings. The summed E-state index contributed by atoms with van der Waals surface area (Å²) in [6, 6.07) is 7.84. The number of ether oxygens (including phenoxy) is 1. The maximum atomic E-state index is 12.7. The third kappa shape index (κ3) is 3.12. The molecule has 0 bridgehead atoms. The van der Waals surface area contributed by atoms with Gasteiger partial charge in [0.1, 0.15) is 28.8 Å². The van der Waals surface area contributed by atoms with E-state index >= 15 is 0 Å². The molecule has 3 aromatic rings. The lowest BCUT2D eigenvalue weighted by Gasteiger charge is -2.27. The monoisotopic (exact) mass is 382 g/mol. The predicted octanol–water partition coefficient (Wildman–Crippen LogP) is 3.42. The van der Waals surface area contributed by atoms with Crippen LogP contribution in [0.2, 0.25) is 0 Å². The number of methoxy groups -OCH3 is 1. The zero-order chi connectivity index (χ0) is 19.0. The fourth-order valence-corrected chi connectivity index (χ4v) is 4.55. The zero-order valence-electron chi connectivity index (χ0n) is 15.7. The van der Waals surface area contributed by atoms with Crippen LogP contribution < -0.4 is 9.64 Å². The molecule has 7 heteroatoms. The molecule has 0 saturated carbocycles. The molecule has 140 valence electrons. The normalized spacial score (nSPS) is 16.7. The van der Waals surface area contributed by atoms with Gasteiger partial charge in [-0.25, -0.2) is 9.97 Å². The van der Waals surface area contributed by atoms with Gasteiger partial charge in [-0.2, -0.15) is 0 Å². The molecular formula is C20H22N4O2S. The van der Waals surface area contributed by atoms with Gasteiger partial charge in [0.05, 0.1) is 12.5 Å².